The standard InChI is InChI=1S/C31H42ClN3O4/c1-23(24-7-10-26(32)11-8-24)34-27-12-9-25(21-28(27)33-17-5-3-4-13-30(2,37)38)29(36)35-18-15-31(16-19-35)14-6-20-39-22-31/h7-12,17,21,29,36-38H,3-6,13-16,18-20,22H2,1-2H3. The van der Waals surface area contributed by atoms with E-state index in [1.165, 1.54) is 13.3 Å². The van der Waals surface area contributed by atoms with Gasteiger partial charge in [-0.3, -0.25) is 14.9 Å². The molecule has 2 aromatic carbocycles. The van der Waals surface area contributed by atoms with Crippen LogP contribution in [-0.4, -0.2) is 64.2 Å². The Hall–Kier alpha value is -2.13. The highest BCUT2D eigenvalue weighted by Crippen LogP contribution is 2.41. The second-order valence-corrected chi connectivity index (χ2v) is 11.7. The number of likely N-dealkylation sites (tertiary alicyclic amines) is 1. The molecular weight excluding hydrogens is 514 g/mol. The molecule has 2 aliphatic heterocycles. The first-order chi connectivity index (χ1) is 18.6. The minimum Gasteiger partial charge on any atom is -0.381 e. The molecule has 1 unspecified atom stereocenters. The van der Waals surface area contributed by atoms with Gasteiger partial charge < -0.3 is 20.1 Å². The van der Waals surface area contributed by atoms with Gasteiger partial charge in [-0.05, 0) is 99.6 Å². The van der Waals surface area contributed by atoms with Crippen molar-refractivity contribution >= 4 is 34.9 Å². The van der Waals surface area contributed by atoms with Crippen molar-refractivity contribution in [2.45, 2.75) is 77.2 Å². The summed E-state index contributed by atoms with van der Waals surface area (Å²) in [6.45, 7) is 6.74. The first kappa shape index (κ1) is 29.8. The maximum atomic E-state index is 11.3. The normalized spacial score (nSPS) is 19.6. The van der Waals surface area contributed by atoms with Crippen LogP contribution in [0, 0.1) is 5.41 Å². The highest BCUT2D eigenvalue weighted by molar-refractivity contribution is 6.30. The lowest BCUT2D eigenvalue weighted by atomic mass is 9.74. The van der Waals surface area contributed by atoms with E-state index in [4.69, 9.17) is 26.3 Å². The molecule has 0 amide bonds. The number of halogens is 1. The number of aliphatic hydroxyl groups is 3. The summed E-state index contributed by atoms with van der Waals surface area (Å²) in [6, 6.07) is 13.4. The lowest BCUT2D eigenvalue weighted by Crippen LogP contribution is -2.45. The fourth-order valence-corrected chi connectivity index (χ4v) is 5.58. The third kappa shape index (κ3) is 8.68. The van der Waals surface area contributed by atoms with Crippen LogP contribution in [0.25, 0.3) is 0 Å². The summed E-state index contributed by atoms with van der Waals surface area (Å²) in [5.41, 5.74) is 4.32. The van der Waals surface area contributed by atoms with E-state index in [1.54, 1.807) is 0 Å². The highest BCUT2D eigenvalue weighted by atomic mass is 35.5. The number of hydrogen-bond donors (Lipinski definition) is 3. The molecule has 7 nitrogen and oxygen atoms in total. The zero-order valence-electron chi connectivity index (χ0n) is 23.2. The minimum absolute atomic E-state index is 0.269. The molecule has 1 atom stereocenters. The van der Waals surface area contributed by atoms with E-state index in [0.29, 0.717) is 30.0 Å². The van der Waals surface area contributed by atoms with E-state index in [9.17, 15) is 15.3 Å². The SMILES string of the molecule is CC(=Nc1ccc(C(O)N2CCC3(CCCOC3)CC2)cc1N=CCCCCC(C)(O)O)c1ccc(Cl)cc1. The van der Waals surface area contributed by atoms with Crippen molar-refractivity contribution in [1.29, 1.82) is 0 Å². The smallest absolute Gasteiger partial charge is 0.159 e. The van der Waals surface area contributed by atoms with Gasteiger partial charge in [-0.2, -0.15) is 0 Å². The van der Waals surface area contributed by atoms with Gasteiger partial charge in [-0.1, -0.05) is 29.8 Å². The van der Waals surface area contributed by atoms with Crippen molar-refractivity contribution in [2.75, 3.05) is 26.3 Å². The number of rotatable bonds is 10. The number of hydrogen-bond acceptors (Lipinski definition) is 7. The predicted molar refractivity (Wildman–Crippen MR) is 157 cm³/mol. The van der Waals surface area contributed by atoms with Gasteiger partial charge in [0, 0.05) is 43.1 Å². The summed E-state index contributed by atoms with van der Waals surface area (Å²) in [4.78, 5) is 11.7. The summed E-state index contributed by atoms with van der Waals surface area (Å²) >= 11 is 6.05. The first-order valence-electron chi connectivity index (χ1n) is 14.1. The quantitative estimate of drug-likeness (QED) is 0.181. The van der Waals surface area contributed by atoms with E-state index < -0.39 is 12.0 Å². The Morgan fingerprint density at radius 3 is 2.51 bits per heavy atom. The Bertz CT molecular complexity index is 1130. The third-order valence-electron chi connectivity index (χ3n) is 7.92. The molecule has 2 aromatic rings. The Morgan fingerprint density at radius 1 is 1.10 bits per heavy atom. The molecule has 8 heteroatoms. The molecule has 0 radical (unpaired) electrons. The molecule has 0 aliphatic carbocycles. The number of ether oxygens (including phenoxy) is 1. The molecule has 2 saturated heterocycles. The molecular formula is C31H42ClN3O4. The summed E-state index contributed by atoms with van der Waals surface area (Å²) in [7, 11) is 0. The third-order valence-corrected chi connectivity index (χ3v) is 8.17. The van der Waals surface area contributed by atoms with Gasteiger partial charge in [0.2, 0.25) is 0 Å². The predicted octanol–water partition coefficient (Wildman–Crippen LogP) is 6.33. The second kappa shape index (κ2) is 13.5. The monoisotopic (exact) mass is 555 g/mol. The van der Waals surface area contributed by atoms with Gasteiger partial charge in [-0.25, -0.2) is 0 Å². The topological polar surface area (TPSA) is 97.9 Å². The van der Waals surface area contributed by atoms with Crippen LogP contribution in [0.2, 0.25) is 5.02 Å². The van der Waals surface area contributed by atoms with Gasteiger partial charge in [0.1, 0.15) is 6.23 Å². The maximum Gasteiger partial charge on any atom is 0.159 e. The molecule has 4 rings (SSSR count). The molecule has 2 aliphatic rings. The number of benzene rings is 2. The van der Waals surface area contributed by atoms with Crippen LogP contribution < -0.4 is 0 Å². The van der Waals surface area contributed by atoms with Crippen LogP contribution in [0.4, 0.5) is 11.4 Å². The van der Waals surface area contributed by atoms with Crippen LogP contribution in [-0.2, 0) is 4.74 Å². The van der Waals surface area contributed by atoms with Crippen LogP contribution >= 0.6 is 11.6 Å². The fraction of sp³-hybridized carbons (Fsp3) is 0.548. The molecule has 1 spiro atoms. The Labute approximate surface area is 237 Å². The minimum atomic E-state index is -1.64. The van der Waals surface area contributed by atoms with E-state index >= 15 is 0 Å². The van der Waals surface area contributed by atoms with E-state index in [-0.39, 0.29) is 5.41 Å². The molecule has 39 heavy (non-hydrogen) atoms. The number of nitrogens with zero attached hydrogens (tertiary/aromatic N) is 3. The van der Waals surface area contributed by atoms with Crippen LogP contribution in [0.3, 0.4) is 0 Å². The van der Waals surface area contributed by atoms with Gasteiger partial charge in [0.25, 0.3) is 0 Å². The Kier molecular flexibility index (Phi) is 10.3. The van der Waals surface area contributed by atoms with Crippen molar-refractivity contribution < 1.29 is 20.1 Å². The van der Waals surface area contributed by atoms with Crippen molar-refractivity contribution in [1.82, 2.24) is 4.90 Å². The lowest BCUT2D eigenvalue weighted by Gasteiger charge is -2.45. The van der Waals surface area contributed by atoms with Crippen molar-refractivity contribution in [3.8, 4) is 0 Å². The molecule has 0 bridgehead atoms. The Balaban J connectivity index is 1.50. The van der Waals surface area contributed by atoms with Crippen LogP contribution in [0.5, 0.6) is 0 Å². The first-order valence-corrected chi connectivity index (χ1v) is 14.4. The second-order valence-electron chi connectivity index (χ2n) is 11.3. The summed E-state index contributed by atoms with van der Waals surface area (Å²) in [5, 5.41) is 31.0. The molecule has 2 fully saturated rings. The average Bonchev–Trinajstić information content (AvgIpc) is 2.91. The summed E-state index contributed by atoms with van der Waals surface area (Å²) in [5.74, 6) is -1.64. The van der Waals surface area contributed by atoms with Gasteiger partial charge in [0.05, 0.1) is 18.0 Å². The Morgan fingerprint density at radius 2 is 1.85 bits per heavy atom. The fourth-order valence-electron chi connectivity index (χ4n) is 5.45. The number of piperidine rings is 1. The maximum absolute atomic E-state index is 11.3. The summed E-state index contributed by atoms with van der Waals surface area (Å²) < 4.78 is 5.78. The average molecular weight is 556 g/mol. The zero-order chi connectivity index (χ0) is 27.9. The van der Waals surface area contributed by atoms with Crippen molar-refractivity contribution in [2.24, 2.45) is 15.4 Å². The lowest BCUT2D eigenvalue weighted by molar-refractivity contribution is -0.150. The highest BCUT2D eigenvalue weighted by Gasteiger charge is 2.38. The van der Waals surface area contributed by atoms with Crippen LogP contribution in [0.1, 0.15) is 82.6 Å². The largest absolute Gasteiger partial charge is 0.381 e. The molecule has 3 N–H and O–H groups in total. The van der Waals surface area contributed by atoms with Gasteiger partial charge >= 0.3 is 0 Å². The van der Waals surface area contributed by atoms with Gasteiger partial charge in [-0.15, -0.1) is 0 Å². The number of aliphatic imine (C=N–C) groups is 2. The van der Waals surface area contributed by atoms with E-state index in [2.05, 4.69) is 4.90 Å². The zero-order valence-corrected chi connectivity index (χ0v) is 23.9. The molecule has 2 heterocycles. The molecule has 212 valence electrons. The summed E-state index contributed by atoms with van der Waals surface area (Å²) in [6.07, 6.45) is 8.08. The van der Waals surface area contributed by atoms with Gasteiger partial charge in [0.15, 0.2) is 5.79 Å². The molecule has 0 saturated carbocycles. The number of unbranched alkanes of at least 4 members (excludes halogenated alkanes) is 2. The van der Waals surface area contributed by atoms with Crippen molar-refractivity contribution in [3.05, 3.63) is 58.6 Å². The van der Waals surface area contributed by atoms with E-state index in [0.717, 1.165) is 74.5 Å². The van der Waals surface area contributed by atoms with E-state index in [1.807, 2.05) is 55.6 Å². The number of aliphatic hydroxyl groups excluding tert-OH is 1. The van der Waals surface area contributed by atoms with Crippen LogP contribution in [0.15, 0.2) is 52.4 Å². The molecule has 0 aromatic heterocycles. The van der Waals surface area contributed by atoms with Crippen molar-refractivity contribution in [3.63, 3.8) is 0 Å².